The molecular formula is C9H14N2O5. The minimum absolute atomic E-state index is 0.0766. The van der Waals surface area contributed by atoms with E-state index in [1.165, 1.54) is 0 Å². The first-order chi connectivity index (χ1) is 7.58. The maximum Gasteiger partial charge on any atom is 0.321 e. The molecule has 0 aromatic heterocycles. The number of hydrogen-bond acceptors (Lipinski definition) is 4. The standard InChI is InChI=1S/C9H14N2O5/c12-7(1-2-8(13)14)11-9(15)10-6-3-4-16-5-6/h6H,1-5H2,(H,13,14)(H2,10,11,12,15). The van der Waals surface area contributed by atoms with E-state index in [2.05, 4.69) is 10.6 Å². The van der Waals surface area contributed by atoms with Crippen LogP contribution in [-0.2, 0) is 14.3 Å². The molecule has 1 fully saturated rings. The van der Waals surface area contributed by atoms with Gasteiger partial charge in [0, 0.05) is 13.0 Å². The van der Waals surface area contributed by atoms with Crippen LogP contribution in [0.5, 0.6) is 0 Å². The van der Waals surface area contributed by atoms with Gasteiger partial charge in [0.15, 0.2) is 0 Å². The van der Waals surface area contributed by atoms with Crippen molar-refractivity contribution >= 4 is 17.9 Å². The highest BCUT2D eigenvalue weighted by atomic mass is 16.5. The lowest BCUT2D eigenvalue weighted by atomic mass is 10.3. The molecule has 1 saturated heterocycles. The molecule has 0 bridgehead atoms. The van der Waals surface area contributed by atoms with Gasteiger partial charge in [-0.05, 0) is 6.42 Å². The molecule has 0 spiro atoms. The minimum atomic E-state index is -1.07. The van der Waals surface area contributed by atoms with Crippen LogP contribution in [0.25, 0.3) is 0 Å². The van der Waals surface area contributed by atoms with E-state index in [1.54, 1.807) is 0 Å². The second-order valence-corrected chi connectivity index (χ2v) is 3.48. The zero-order valence-electron chi connectivity index (χ0n) is 8.69. The van der Waals surface area contributed by atoms with Gasteiger partial charge in [-0.15, -0.1) is 0 Å². The van der Waals surface area contributed by atoms with E-state index in [0.717, 1.165) is 6.42 Å². The van der Waals surface area contributed by atoms with Crippen molar-refractivity contribution in [2.24, 2.45) is 0 Å². The average Bonchev–Trinajstić information content (AvgIpc) is 2.67. The number of rotatable bonds is 4. The maximum absolute atomic E-state index is 11.2. The number of carbonyl (C=O) groups is 3. The topological polar surface area (TPSA) is 105 Å². The normalized spacial score (nSPS) is 19.1. The Labute approximate surface area is 92.1 Å². The molecule has 0 aromatic carbocycles. The maximum atomic E-state index is 11.2. The Bertz CT molecular complexity index is 286. The van der Waals surface area contributed by atoms with Crippen LogP contribution >= 0.6 is 0 Å². The molecule has 1 aliphatic heterocycles. The summed E-state index contributed by atoms with van der Waals surface area (Å²) in [4.78, 5) is 32.4. The summed E-state index contributed by atoms with van der Waals surface area (Å²) >= 11 is 0. The second kappa shape index (κ2) is 6.06. The van der Waals surface area contributed by atoms with Crippen molar-refractivity contribution in [2.45, 2.75) is 25.3 Å². The van der Waals surface area contributed by atoms with E-state index in [1.807, 2.05) is 0 Å². The average molecular weight is 230 g/mol. The Morgan fingerprint density at radius 1 is 1.31 bits per heavy atom. The highest BCUT2D eigenvalue weighted by Crippen LogP contribution is 2.02. The number of ether oxygens (including phenoxy) is 1. The first-order valence-corrected chi connectivity index (χ1v) is 4.98. The number of urea groups is 1. The molecule has 1 heterocycles. The molecule has 1 aliphatic rings. The third kappa shape index (κ3) is 4.74. The Morgan fingerprint density at radius 3 is 2.62 bits per heavy atom. The molecular weight excluding hydrogens is 216 g/mol. The van der Waals surface area contributed by atoms with Gasteiger partial charge in [0.25, 0.3) is 0 Å². The smallest absolute Gasteiger partial charge is 0.321 e. The van der Waals surface area contributed by atoms with Gasteiger partial charge in [-0.1, -0.05) is 0 Å². The highest BCUT2D eigenvalue weighted by Gasteiger charge is 2.18. The molecule has 7 nitrogen and oxygen atoms in total. The summed E-state index contributed by atoms with van der Waals surface area (Å²) < 4.78 is 5.04. The van der Waals surface area contributed by atoms with Gasteiger partial charge in [0.05, 0.1) is 19.1 Å². The lowest BCUT2D eigenvalue weighted by Gasteiger charge is -2.10. The second-order valence-electron chi connectivity index (χ2n) is 3.48. The van der Waals surface area contributed by atoms with Crippen LogP contribution < -0.4 is 10.6 Å². The van der Waals surface area contributed by atoms with Crippen molar-refractivity contribution in [1.82, 2.24) is 10.6 Å². The van der Waals surface area contributed by atoms with E-state index < -0.39 is 17.9 Å². The largest absolute Gasteiger partial charge is 0.481 e. The van der Waals surface area contributed by atoms with Gasteiger partial charge in [-0.3, -0.25) is 14.9 Å². The molecule has 7 heteroatoms. The predicted molar refractivity (Wildman–Crippen MR) is 52.8 cm³/mol. The van der Waals surface area contributed by atoms with Gasteiger partial charge in [0.2, 0.25) is 5.91 Å². The Morgan fingerprint density at radius 2 is 2.06 bits per heavy atom. The van der Waals surface area contributed by atoms with Crippen LogP contribution in [0.3, 0.4) is 0 Å². The SMILES string of the molecule is O=C(O)CCC(=O)NC(=O)NC1CCOC1. The summed E-state index contributed by atoms with van der Waals surface area (Å²) in [6.45, 7) is 1.04. The van der Waals surface area contributed by atoms with E-state index in [-0.39, 0.29) is 18.9 Å². The zero-order valence-corrected chi connectivity index (χ0v) is 8.69. The van der Waals surface area contributed by atoms with Gasteiger partial charge >= 0.3 is 12.0 Å². The van der Waals surface area contributed by atoms with Crippen molar-refractivity contribution in [3.63, 3.8) is 0 Å². The lowest BCUT2D eigenvalue weighted by molar-refractivity contribution is -0.138. The van der Waals surface area contributed by atoms with Gasteiger partial charge < -0.3 is 15.2 Å². The summed E-state index contributed by atoms with van der Waals surface area (Å²) in [6.07, 6.45) is 0.228. The molecule has 0 aliphatic carbocycles. The number of carbonyl (C=O) groups excluding carboxylic acids is 2. The number of carboxylic acid groups (broad SMARTS) is 1. The van der Waals surface area contributed by atoms with Crippen LogP contribution in [0.1, 0.15) is 19.3 Å². The number of imide groups is 1. The van der Waals surface area contributed by atoms with E-state index >= 15 is 0 Å². The molecule has 3 amide bonds. The van der Waals surface area contributed by atoms with Crippen LogP contribution in [0.15, 0.2) is 0 Å². The van der Waals surface area contributed by atoms with Gasteiger partial charge in [0.1, 0.15) is 0 Å². The van der Waals surface area contributed by atoms with Gasteiger partial charge in [-0.25, -0.2) is 4.79 Å². The van der Waals surface area contributed by atoms with Crippen molar-refractivity contribution < 1.29 is 24.2 Å². The molecule has 0 saturated carbocycles. The molecule has 1 atom stereocenters. The van der Waals surface area contributed by atoms with Crippen LogP contribution in [0, 0.1) is 0 Å². The summed E-state index contributed by atoms with van der Waals surface area (Å²) in [5.74, 6) is -1.67. The van der Waals surface area contributed by atoms with Crippen LogP contribution in [0.2, 0.25) is 0 Å². The highest BCUT2D eigenvalue weighted by molar-refractivity contribution is 5.95. The number of nitrogens with one attached hydrogen (secondary N) is 2. The fourth-order valence-corrected chi connectivity index (χ4v) is 1.28. The van der Waals surface area contributed by atoms with Crippen molar-refractivity contribution in [2.75, 3.05) is 13.2 Å². The van der Waals surface area contributed by atoms with Gasteiger partial charge in [-0.2, -0.15) is 0 Å². The number of amides is 3. The van der Waals surface area contributed by atoms with Crippen molar-refractivity contribution in [1.29, 1.82) is 0 Å². The van der Waals surface area contributed by atoms with Crippen LogP contribution in [0.4, 0.5) is 4.79 Å². The fourth-order valence-electron chi connectivity index (χ4n) is 1.28. The van der Waals surface area contributed by atoms with Crippen LogP contribution in [-0.4, -0.2) is 42.3 Å². The lowest BCUT2D eigenvalue weighted by Crippen LogP contribution is -2.44. The number of aliphatic carboxylic acids is 1. The Kier molecular flexibility index (Phi) is 4.71. The first kappa shape index (κ1) is 12.4. The van der Waals surface area contributed by atoms with E-state index in [4.69, 9.17) is 9.84 Å². The van der Waals surface area contributed by atoms with E-state index in [9.17, 15) is 14.4 Å². The third-order valence-electron chi connectivity index (χ3n) is 2.08. The predicted octanol–water partition coefficient (Wildman–Crippen LogP) is -0.534. The monoisotopic (exact) mass is 230 g/mol. The Hall–Kier alpha value is -1.63. The quantitative estimate of drug-likeness (QED) is 0.602. The summed E-state index contributed by atoms with van der Waals surface area (Å²) in [5, 5.41) is 12.9. The summed E-state index contributed by atoms with van der Waals surface area (Å²) in [6, 6.07) is -0.682. The van der Waals surface area contributed by atoms with Crippen molar-refractivity contribution in [3.05, 3.63) is 0 Å². The molecule has 3 N–H and O–H groups in total. The van der Waals surface area contributed by atoms with Crippen molar-refractivity contribution in [3.8, 4) is 0 Å². The fraction of sp³-hybridized carbons (Fsp3) is 0.667. The molecule has 1 unspecified atom stereocenters. The molecule has 16 heavy (non-hydrogen) atoms. The molecule has 0 radical (unpaired) electrons. The number of carboxylic acids is 1. The first-order valence-electron chi connectivity index (χ1n) is 4.98. The zero-order chi connectivity index (χ0) is 12.0. The number of hydrogen-bond donors (Lipinski definition) is 3. The molecule has 90 valence electrons. The summed E-state index contributed by atoms with van der Waals surface area (Å²) in [7, 11) is 0. The Balaban J connectivity index is 2.17. The molecule has 0 aromatic rings. The van der Waals surface area contributed by atoms with E-state index in [0.29, 0.717) is 13.2 Å². The third-order valence-corrected chi connectivity index (χ3v) is 2.08. The summed E-state index contributed by atoms with van der Waals surface area (Å²) in [5.41, 5.74) is 0. The molecule has 1 rings (SSSR count). The minimum Gasteiger partial charge on any atom is -0.481 e.